The Balaban J connectivity index is 1.55. The fourth-order valence-corrected chi connectivity index (χ4v) is 5.08. The highest BCUT2D eigenvalue weighted by Crippen LogP contribution is 2.36. The molecule has 9 heteroatoms. The lowest BCUT2D eigenvalue weighted by molar-refractivity contribution is 0.0949. The number of carbonyl (C=O) groups is 2. The van der Waals surface area contributed by atoms with Crippen molar-refractivity contribution in [2.24, 2.45) is 0 Å². The van der Waals surface area contributed by atoms with Crippen molar-refractivity contribution < 1.29 is 14.7 Å². The van der Waals surface area contributed by atoms with Crippen molar-refractivity contribution in [1.82, 2.24) is 15.6 Å². The molecule has 1 unspecified atom stereocenters. The average Bonchev–Trinajstić information content (AvgIpc) is 3.67. The van der Waals surface area contributed by atoms with Crippen LogP contribution in [0, 0.1) is 11.3 Å². The second kappa shape index (κ2) is 11.3. The molecule has 0 spiro atoms. The first kappa shape index (κ1) is 25.1. The SMILES string of the molecule is N#Cc1c(-c2cccc(C(=O)NCC3CCCN3)c2)cc(-c2ccccc2O)nc1NC(=O)c1cccs1. The molecule has 1 aliphatic rings. The van der Waals surface area contributed by atoms with Crippen LogP contribution >= 0.6 is 11.3 Å². The van der Waals surface area contributed by atoms with Crippen molar-refractivity contribution in [1.29, 1.82) is 5.26 Å². The highest BCUT2D eigenvalue weighted by Gasteiger charge is 2.21. The van der Waals surface area contributed by atoms with Crippen LogP contribution in [0.3, 0.4) is 0 Å². The van der Waals surface area contributed by atoms with Crippen LogP contribution in [0.5, 0.6) is 5.75 Å². The number of para-hydroxylation sites is 1. The van der Waals surface area contributed by atoms with Crippen molar-refractivity contribution in [3.05, 3.63) is 88.1 Å². The smallest absolute Gasteiger partial charge is 0.266 e. The number of pyridine rings is 1. The van der Waals surface area contributed by atoms with Crippen LogP contribution in [0.15, 0.2) is 72.1 Å². The normalized spacial score (nSPS) is 14.6. The lowest BCUT2D eigenvalue weighted by Gasteiger charge is -2.15. The third-order valence-corrected chi connectivity index (χ3v) is 7.26. The first-order valence-electron chi connectivity index (χ1n) is 12.2. The fourth-order valence-electron chi connectivity index (χ4n) is 4.46. The van der Waals surface area contributed by atoms with Crippen molar-refractivity contribution in [2.45, 2.75) is 18.9 Å². The number of nitrogens with one attached hydrogen (secondary N) is 3. The maximum Gasteiger partial charge on any atom is 0.266 e. The number of hydrogen-bond acceptors (Lipinski definition) is 7. The van der Waals surface area contributed by atoms with E-state index in [0.717, 1.165) is 19.4 Å². The molecule has 4 N–H and O–H groups in total. The van der Waals surface area contributed by atoms with Gasteiger partial charge in [0.2, 0.25) is 0 Å². The number of thiophene rings is 1. The molecule has 0 aliphatic carbocycles. The van der Waals surface area contributed by atoms with Gasteiger partial charge in [-0.15, -0.1) is 11.3 Å². The number of benzene rings is 2. The quantitative estimate of drug-likeness (QED) is 0.276. The summed E-state index contributed by atoms with van der Waals surface area (Å²) in [5.74, 6) is -0.512. The summed E-state index contributed by atoms with van der Waals surface area (Å²) in [6.07, 6.45) is 2.12. The van der Waals surface area contributed by atoms with E-state index in [0.29, 0.717) is 39.4 Å². The van der Waals surface area contributed by atoms with Crippen LogP contribution in [-0.2, 0) is 0 Å². The number of carbonyl (C=O) groups excluding carboxylic acids is 2. The van der Waals surface area contributed by atoms with E-state index in [1.165, 1.54) is 11.3 Å². The first-order valence-corrected chi connectivity index (χ1v) is 13.1. The van der Waals surface area contributed by atoms with Crippen LogP contribution in [0.4, 0.5) is 5.82 Å². The van der Waals surface area contributed by atoms with Gasteiger partial charge in [0.1, 0.15) is 17.4 Å². The fraction of sp³-hybridized carbons (Fsp3) is 0.172. The second-order valence-electron chi connectivity index (χ2n) is 8.92. The lowest BCUT2D eigenvalue weighted by atomic mass is 9.96. The van der Waals surface area contributed by atoms with Gasteiger partial charge in [-0.05, 0) is 66.7 Å². The molecule has 1 fully saturated rings. The number of phenolic OH excluding ortho intramolecular Hbond substituents is 1. The summed E-state index contributed by atoms with van der Waals surface area (Å²) in [5, 5.41) is 31.5. The van der Waals surface area contributed by atoms with E-state index in [-0.39, 0.29) is 29.1 Å². The van der Waals surface area contributed by atoms with Crippen LogP contribution in [0.1, 0.15) is 38.4 Å². The third-order valence-electron chi connectivity index (χ3n) is 6.40. The molecule has 3 heterocycles. The summed E-state index contributed by atoms with van der Waals surface area (Å²) in [4.78, 5) is 30.8. The van der Waals surface area contributed by atoms with Gasteiger partial charge in [0.15, 0.2) is 5.82 Å². The standard InChI is InChI=1S/C29H25N5O3S/c30-16-23-22(18-6-3-7-19(14-18)28(36)32-17-20-8-4-12-31-20)15-24(21-9-1-2-10-25(21)35)33-27(23)34-29(37)26-11-5-13-38-26/h1-3,5-7,9-11,13-15,20,31,35H,4,8,12,17H2,(H,32,36)(H,33,34,37). The number of aromatic nitrogens is 1. The van der Waals surface area contributed by atoms with Crippen molar-refractivity contribution in [3.63, 3.8) is 0 Å². The van der Waals surface area contributed by atoms with E-state index < -0.39 is 5.91 Å². The van der Waals surface area contributed by atoms with Gasteiger partial charge in [-0.1, -0.05) is 30.3 Å². The molecule has 0 saturated carbocycles. The maximum atomic E-state index is 12.9. The Bertz CT molecular complexity index is 1520. The zero-order valence-corrected chi connectivity index (χ0v) is 21.2. The van der Waals surface area contributed by atoms with Crippen molar-refractivity contribution in [2.75, 3.05) is 18.4 Å². The highest BCUT2D eigenvalue weighted by atomic mass is 32.1. The van der Waals surface area contributed by atoms with Crippen molar-refractivity contribution in [3.8, 4) is 34.2 Å². The minimum atomic E-state index is -0.391. The van der Waals surface area contributed by atoms with E-state index in [1.54, 1.807) is 72.1 Å². The number of phenols is 1. The Morgan fingerprint density at radius 2 is 1.95 bits per heavy atom. The molecule has 38 heavy (non-hydrogen) atoms. The van der Waals surface area contributed by atoms with Crippen LogP contribution in [-0.4, -0.2) is 41.0 Å². The summed E-state index contributed by atoms with van der Waals surface area (Å²) in [7, 11) is 0. The van der Waals surface area contributed by atoms with Gasteiger partial charge >= 0.3 is 0 Å². The Hall–Kier alpha value is -4.52. The number of nitrogens with zero attached hydrogens (tertiary/aromatic N) is 2. The maximum absolute atomic E-state index is 12.9. The van der Waals surface area contributed by atoms with Crippen molar-refractivity contribution >= 4 is 29.0 Å². The molecule has 2 aromatic heterocycles. The predicted octanol–water partition coefficient (Wildman–Crippen LogP) is 4.79. The molecule has 1 atom stereocenters. The lowest BCUT2D eigenvalue weighted by Crippen LogP contribution is -2.37. The van der Waals surface area contributed by atoms with Crippen LogP contribution in [0.25, 0.3) is 22.4 Å². The molecule has 8 nitrogen and oxygen atoms in total. The van der Waals surface area contributed by atoms with Gasteiger partial charge in [0.05, 0.1) is 10.6 Å². The Labute approximate surface area is 224 Å². The van der Waals surface area contributed by atoms with E-state index in [9.17, 15) is 20.0 Å². The third kappa shape index (κ3) is 5.42. The molecule has 2 aromatic carbocycles. The van der Waals surface area contributed by atoms with E-state index in [4.69, 9.17) is 0 Å². The molecule has 5 rings (SSSR count). The molecular weight excluding hydrogens is 498 g/mol. The van der Waals surface area contributed by atoms with Gasteiger partial charge in [-0.3, -0.25) is 9.59 Å². The molecule has 1 aliphatic heterocycles. The van der Waals surface area contributed by atoms with Gasteiger partial charge in [-0.2, -0.15) is 5.26 Å². The van der Waals surface area contributed by atoms with Gasteiger partial charge < -0.3 is 21.1 Å². The highest BCUT2D eigenvalue weighted by molar-refractivity contribution is 7.12. The number of amides is 2. The topological polar surface area (TPSA) is 127 Å². The number of aromatic hydroxyl groups is 1. The second-order valence-corrected chi connectivity index (χ2v) is 9.87. The van der Waals surface area contributed by atoms with Crippen LogP contribution < -0.4 is 16.0 Å². The molecule has 0 bridgehead atoms. The largest absolute Gasteiger partial charge is 0.507 e. The van der Waals surface area contributed by atoms with Crippen LogP contribution in [0.2, 0.25) is 0 Å². The van der Waals surface area contributed by atoms with Gasteiger partial charge in [0.25, 0.3) is 11.8 Å². The predicted molar refractivity (Wildman–Crippen MR) is 147 cm³/mol. The van der Waals surface area contributed by atoms with Gasteiger partial charge in [-0.25, -0.2) is 4.98 Å². The minimum Gasteiger partial charge on any atom is -0.507 e. The Morgan fingerprint density at radius 3 is 2.68 bits per heavy atom. The molecule has 2 amide bonds. The molecule has 0 radical (unpaired) electrons. The summed E-state index contributed by atoms with van der Waals surface area (Å²) in [5.41, 5.74) is 2.52. The number of nitriles is 1. The minimum absolute atomic E-state index is 0.0137. The monoisotopic (exact) mass is 523 g/mol. The zero-order chi connectivity index (χ0) is 26.5. The zero-order valence-electron chi connectivity index (χ0n) is 20.4. The Morgan fingerprint density at radius 1 is 1.08 bits per heavy atom. The summed E-state index contributed by atoms with van der Waals surface area (Å²) in [6.45, 7) is 1.50. The summed E-state index contributed by atoms with van der Waals surface area (Å²) in [6, 6.07) is 21.3. The molecule has 4 aromatic rings. The van der Waals surface area contributed by atoms with E-state index in [1.807, 2.05) is 0 Å². The molecule has 190 valence electrons. The summed E-state index contributed by atoms with van der Waals surface area (Å²) >= 11 is 1.27. The first-order chi connectivity index (χ1) is 18.5. The average molecular weight is 524 g/mol. The molecular formula is C29H25N5O3S. The number of hydrogen-bond donors (Lipinski definition) is 4. The Kier molecular flexibility index (Phi) is 7.45. The van der Waals surface area contributed by atoms with Gasteiger partial charge in [0, 0.05) is 29.3 Å². The molecule has 1 saturated heterocycles. The summed E-state index contributed by atoms with van der Waals surface area (Å²) < 4.78 is 0. The van der Waals surface area contributed by atoms with E-state index in [2.05, 4.69) is 27.0 Å². The number of anilines is 1. The van der Waals surface area contributed by atoms with E-state index >= 15 is 0 Å². The number of rotatable bonds is 7.